The molecular weight excluding hydrogens is 504 g/mol. The van der Waals surface area contributed by atoms with Crippen molar-refractivity contribution in [1.82, 2.24) is 14.9 Å². The highest BCUT2D eigenvalue weighted by atomic mass is 32.1. The first kappa shape index (κ1) is 24.7. The number of thiocarbonyl (C=S) groups is 1. The Labute approximate surface area is 233 Å². The lowest BCUT2D eigenvalue weighted by atomic mass is 10.0. The van der Waals surface area contributed by atoms with E-state index in [4.69, 9.17) is 21.7 Å². The number of aryl methyl sites for hydroxylation is 1. The van der Waals surface area contributed by atoms with Crippen LogP contribution in [0, 0.1) is 6.92 Å². The van der Waals surface area contributed by atoms with Crippen molar-refractivity contribution in [2.45, 2.75) is 19.0 Å². The van der Waals surface area contributed by atoms with E-state index in [1.165, 1.54) is 0 Å². The lowest BCUT2D eigenvalue weighted by molar-refractivity contribution is 0.412. The molecule has 1 saturated heterocycles. The summed E-state index contributed by atoms with van der Waals surface area (Å²) in [5.74, 6) is 2.40. The van der Waals surface area contributed by atoms with Crippen LogP contribution < -0.4 is 19.7 Å². The number of para-hydroxylation sites is 3. The maximum atomic E-state index is 6.15. The number of nitrogens with zero attached hydrogens (tertiary/aromatic N) is 3. The van der Waals surface area contributed by atoms with Gasteiger partial charge in [-0.15, -0.1) is 0 Å². The number of hydrogen-bond donors (Lipinski definition) is 1. The monoisotopic (exact) mass is 532 g/mol. The predicted octanol–water partition coefficient (Wildman–Crippen LogP) is 7.16. The van der Waals surface area contributed by atoms with E-state index in [2.05, 4.69) is 44.2 Å². The first-order valence-electron chi connectivity index (χ1n) is 12.8. The third-order valence-electron chi connectivity index (χ3n) is 6.96. The van der Waals surface area contributed by atoms with E-state index >= 15 is 0 Å². The van der Waals surface area contributed by atoms with Crippen LogP contribution in [0.3, 0.4) is 0 Å². The van der Waals surface area contributed by atoms with Crippen molar-refractivity contribution in [2.24, 2.45) is 0 Å². The summed E-state index contributed by atoms with van der Waals surface area (Å²) in [5.41, 5.74) is 4.98. The molecule has 2 aromatic heterocycles. The highest BCUT2D eigenvalue weighted by molar-refractivity contribution is 7.80. The average molecular weight is 533 g/mol. The molecule has 6 nitrogen and oxygen atoms in total. The fraction of sp³-hybridized carbons (Fsp3) is 0.125. The third kappa shape index (κ3) is 4.73. The maximum absolute atomic E-state index is 6.15. The van der Waals surface area contributed by atoms with Gasteiger partial charge in [-0.2, -0.15) is 0 Å². The number of anilines is 1. The fourth-order valence-corrected chi connectivity index (χ4v) is 5.44. The molecule has 1 N–H and O–H groups in total. The average Bonchev–Trinajstić information content (AvgIpc) is 3.59. The Kier molecular flexibility index (Phi) is 6.73. The number of pyridine rings is 1. The summed E-state index contributed by atoms with van der Waals surface area (Å²) in [5, 5.41) is 4.18. The molecule has 3 aromatic carbocycles. The van der Waals surface area contributed by atoms with Crippen molar-refractivity contribution in [2.75, 3.05) is 12.0 Å². The topological polar surface area (TPSA) is 51.5 Å². The van der Waals surface area contributed by atoms with E-state index in [0.717, 1.165) is 45.6 Å². The summed E-state index contributed by atoms with van der Waals surface area (Å²) in [4.78, 5) is 6.85. The van der Waals surface area contributed by atoms with Gasteiger partial charge >= 0.3 is 0 Å². The number of ether oxygens (including phenoxy) is 2. The van der Waals surface area contributed by atoms with Crippen LogP contribution in [0.5, 0.6) is 17.2 Å². The van der Waals surface area contributed by atoms with Crippen molar-refractivity contribution < 1.29 is 9.47 Å². The van der Waals surface area contributed by atoms with E-state index in [-0.39, 0.29) is 12.1 Å². The molecule has 1 fully saturated rings. The fourth-order valence-electron chi connectivity index (χ4n) is 5.09. The van der Waals surface area contributed by atoms with Crippen LogP contribution in [0.15, 0.2) is 116 Å². The Hall–Kier alpha value is -4.62. The zero-order valence-electron chi connectivity index (χ0n) is 21.7. The highest BCUT2D eigenvalue weighted by Gasteiger charge is 2.42. The minimum Gasteiger partial charge on any atom is -0.495 e. The second-order valence-corrected chi connectivity index (χ2v) is 9.72. The molecule has 3 heterocycles. The number of aromatic nitrogens is 2. The van der Waals surface area contributed by atoms with Gasteiger partial charge in [-0.25, -0.2) is 0 Å². The molecule has 194 valence electrons. The van der Waals surface area contributed by atoms with Crippen LogP contribution in [0.1, 0.15) is 29.0 Å². The molecule has 39 heavy (non-hydrogen) atoms. The van der Waals surface area contributed by atoms with Crippen LogP contribution in [0.2, 0.25) is 0 Å². The van der Waals surface area contributed by atoms with Gasteiger partial charge < -0.3 is 24.3 Å². The first-order chi connectivity index (χ1) is 19.1. The Balaban J connectivity index is 1.41. The standard InChI is InChI=1S/C32H28N4O2S/c1-22-10-3-5-14-28(22)38-24-18-16-23(17-19-24)36-31(30(34-32(36)39)25-11-7-8-20-33-25)27-13-9-21-35(27)26-12-4-6-15-29(26)37-2/h3-21,30-31H,1-2H3,(H,34,39)/t30-,31-/m0/s1. The minimum absolute atomic E-state index is 0.162. The third-order valence-corrected chi connectivity index (χ3v) is 7.28. The van der Waals surface area contributed by atoms with Crippen molar-refractivity contribution in [3.05, 3.63) is 132 Å². The molecular formula is C32H28N4O2S. The van der Waals surface area contributed by atoms with Crippen molar-refractivity contribution in [3.8, 4) is 22.9 Å². The quantitative estimate of drug-likeness (QED) is 0.225. The SMILES string of the molecule is COc1ccccc1-n1cccc1[C@H]1[C@H](c2ccccn2)NC(=S)N1c1ccc(Oc2ccccc2C)cc1. The summed E-state index contributed by atoms with van der Waals surface area (Å²) >= 11 is 5.94. The second kappa shape index (κ2) is 10.6. The molecule has 0 saturated carbocycles. The van der Waals surface area contributed by atoms with Gasteiger partial charge in [0.15, 0.2) is 5.11 Å². The maximum Gasteiger partial charge on any atom is 0.174 e. The zero-order chi connectivity index (χ0) is 26.8. The Morgan fingerprint density at radius 2 is 1.56 bits per heavy atom. The normalized spacial score (nSPS) is 16.7. The molecule has 5 aromatic rings. The first-order valence-corrected chi connectivity index (χ1v) is 13.2. The molecule has 0 spiro atoms. The molecule has 2 atom stereocenters. The molecule has 0 radical (unpaired) electrons. The van der Waals surface area contributed by atoms with Gasteiger partial charge in [0.1, 0.15) is 23.3 Å². The second-order valence-electron chi connectivity index (χ2n) is 9.33. The lowest BCUT2D eigenvalue weighted by Crippen LogP contribution is -2.30. The van der Waals surface area contributed by atoms with E-state index in [0.29, 0.717) is 5.11 Å². The lowest BCUT2D eigenvalue weighted by Gasteiger charge is -2.29. The molecule has 0 bridgehead atoms. The number of benzene rings is 3. The van der Waals surface area contributed by atoms with Crippen LogP contribution in [0.25, 0.3) is 5.69 Å². The van der Waals surface area contributed by atoms with Gasteiger partial charge in [0.05, 0.1) is 24.5 Å². The zero-order valence-corrected chi connectivity index (χ0v) is 22.5. The highest BCUT2D eigenvalue weighted by Crippen LogP contribution is 2.43. The van der Waals surface area contributed by atoms with E-state index in [1.807, 2.05) is 98.0 Å². The Morgan fingerprint density at radius 3 is 2.31 bits per heavy atom. The van der Waals surface area contributed by atoms with Crippen LogP contribution in [-0.4, -0.2) is 21.8 Å². The smallest absolute Gasteiger partial charge is 0.174 e. The number of nitrogens with one attached hydrogen (secondary N) is 1. The van der Waals surface area contributed by atoms with Crippen LogP contribution in [0.4, 0.5) is 5.69 Å². The van der Waals surface area contributed by atoms with E-state index < -0.39 is 0 Å². The van der Waals surface area contributed by atoms with Crippen molar-refractivity contribution in [1.29, 1.82) is 0 Å². The summed E-state index contributed by atoms with van der Waals surface area (Å²) in [6, 6.07) is 33.9. The number of rotatable bonds is 7. The Bertz CT molecular complexity index is 1600. The summed E-state index contributed by atoms with van der Waals surface area (Å²) < 4.78 is 14.0. The van der Waals surface area contributed by atoms with E-state index in [9.17, 15) is 0 Å². The van der Waals surface area contributed by atoms with Crippen LogP contribution in [-0.2, 0) is 0 Å². The largest absolute Gasteiger partial charge is 0.495 e. The molecule has 6 rings (SSSR count). The van der Waals surface area contributed by atoms with Gasteiger partial charge in [-0.3, -0.25) is 4.98 Å². The molecule has 0 amide bonds. The summed E-state index contributed by atoms with van der Waals surface area (Å²) in [7, 11) is 1.69. The minimum atomic E-state index is -0.171. The van der Waals surface area contributed by atoms with Crippen molar-refractivity contribution in [3.63, 3.8) is 0 Å². The van der Waals surface area contributed by atoms with Gasteiger partial charge in [-0.05, 0) is 91.4 Å². The van der Waals surface area contributed by atoms with Gasteiger partial charge in [-0.1, -0.05) is 36.4 Å². The predicted molar refractivity (Wildman–Crippen MR) is 158 cm³/mol. The van der Waals surface area contributed by atoms with Gasteiger partial charge in [0.25, 0.3) is 0 Å². The van der Waals surface area contributed by atoms with E-state index in [1.54, 1.807) is 7.11 Å². The Morgan fingerprint density at radius 1 is 0.821 bits per heavy atom. The summed E-state index contributed by atoms with van der Waals surface area (Å²) in [6.45, 7) is 2.04. The molecule has 0 aliphatic carbocycles. The molecule has 1 aliphatic rings. The molecule has 1 aliphatic heterocycles. The van der Waals surface area contributed by atoms with Crippen molar-refractivity contribution >= 4 is 23.0 Å². The van der Waals surface area contributed by atoms with Gasteiger partial charge in [0.2, 0.25) is 0 Å². The molecule has 0 unspecified atom stereocenters. The summed E-state index contributed by atoms with van der Waals surface area (Å²) in [6.07, 6.45) is 3.87. The number of hydrogen-bond acceptors (Lipinski definition) is 4. The molecule has 7 heteroatoms. The van der Waals surface area contributed by atoms with Gasteiger partial charge in [0, 0.05) is 23.8 Å². The van der Waals surface area contributed by atoms with Crippen LogP contribution >= 0.6 is 12.2 Å². The number of methoxy groups -OCH3 is 1.